The second-order valence-electron chi connectivity index (χ2n) is 7.19. The summed E-state index contributed by atoms with van der Waals surface area (Å²) in [5.41, 5.74) is 1.46. The molecule has 1 aliphatic rings. The summed E-state index contributed by atoms with van der Waals surface area (Å²) in [5, 5.41) is 2.72. The number of hydrogen-bond donors (Lipinski definition) is 1. The van der Waals surface area contributed by atoms with Crippen LogP contribution < -0.4 is 19.5 Å². The zero-order valence-corrected chi connectivity index (χ0v) is 17.1. The molecular formula is C23H16F3N3O4. The number of nitrogens with zero attached hydrogens (tertiary/aromatic N) is 2. The summed E-state index contributed by atoms with van der Waals surface area (Å²) in [6.45, 7) is 0.0947. The normalized spacial score (nSPS) is 12.7. The van der Waals surface area contributed by atoms with Gasteiger partial charge in [0.1, 0.15) is 5.75 Å². The molecule has 1 aliphatic heterocycles. The molecule has 0 radical (unpaired) electrons. The number of rotatable bonds is 4. The first-order chi connectivity index (χ1) is 15.8. The monoisotopic (exact) mass is 455 g/mol. The number of alkyl halides is 3. The van der Waals surface area contributed by atoms with Crippen molar-refractivity contribution in [1.82, 2.24) is 9.55 Å². The lowest BCUT2D eigenvalue weighted by atomic mass is 10.2. The van der Waals surface area contributed by atoms with Crippen molar-refractivity contribution in [3.8, 4) is 22.9 Å². The molecule has 168 valence electrons. The second kappa shape index (κ2) is 7.73. The number of benzene rings is 3. The summed E-state index contributed by atoms with van der Waals surface area (Å²) in [7, 11) is 1.43. The van der Waals surface area contributed by atoms with Gasteiger partial charge in [-0.05, 0) is 54.6 Å². The Morgan fingerprint density at radius 2 is 1.79 bits per heavy atom. The number of aromatic nitrogens is 2. The summed E-state index contributed by atoms with van der Waals surface area (Å²) in [4.78, 5) is 16.3. The van der Waals surface area contributed by atoms with Crippen LogP contribution in [0.1, 0.15) is 16.2 Å². The highest BCUT2D eigenvalue weighted by Gasteiger charge is 2.38. The molecule has 0 fully saturated rings. The molecule has 10 heteroatoms. The van der Waals surface area contributed by atoms with Crippen molar-refractivity contribution in [2.45, 2.75) is 6.18 Å². The van der Waals surface area contributed by atoms with E-state index in [9.17, 15) is 18.0 Å². The number of amides is 1. The Balaban J connectivity index is 1.45. The fourth-order valence-electron chi connectivity index (χ4n) is 3.57. The van der Waals surface area contributed by atoms with Gasteiger partial charge in [0, 0.05) is 23.0 Å². The lowest BCUT2D eigenvalue weighted by molar-refractivity contribution is -0.145. The third kappa shape index (κ3) is 3.79. The minimum Gasteiger partial charge on any atom is -0.497 e. The number of carbonyl (C=O) groups excluding carboxylic acids is 1. The number of anilines is 1. The highest BCUT2D eigenvalue weighted by Crippen LogP contribution is 2.35. The van der Waals surface area contributed by atoms with Crippen LogP contribution in [-0.2, 0) is 6.18 Å². The lowest BCUT2D eigenvalue weighted by Crippen LogP contribution is -2.14. The Morgan fingerprint density at radius 1 is 1.03 bits per heavy atom. The van der Waals surface area contributed by atoms with Crippen LogP contribution in [0.4, 0.5) is 18.9 Å². The predicted octanol–water partition coefficient (Wildman–Crippen LogP) is 5.03. The number of fused-ring (bicyclic) bond motifs is 2. The van der Waals surface area contributed by atoms with Crippen molar-refractivity contribution in [2.24, 2.45) is 0 Å². The van der Waals surface area contributed by atoms with Crippen molar-refractivity contribution in [2.75, 3.05) is 19.2 Å². The molecule has 33 heavy (non-hydrogen) atoms. The maximum absolute atomic E-state index is 13.7. The van der Waals surface area contributed by atoms with E-state index in [1.54, 1.807) is 24.3 Å². The van der Waals surface area contributed by atoms with Crippen LogP contribution in [0.5, 0.6) is 17.2 Å². The van der Waals surface area contributed by atoms with Crippen molar-refractivity contribution in [1.29, 1.82) is 0 Å². The molecule has 7 nitrogen and oxygen atoms in total. The molecule has 0 bridgehead atoms. The number of halogens is 3. The molecule has 0 unspecified atom stereocenters. The molecule has 0 spiro atoms. The first-order valence-corrected chi connectivity index (χ1v) is 9.78. The maximum atomic E-state index is 13.7. The fourth-order valence-corrected chi connectivity index (χ4v) is 3.57. The van der Waals surface area contributed by atoms with E-state index in [4.69, 9.17) is 14.2 Å². The Labute approximate surface area is 185 Å². The molecule has 1 aromatic heterocycles. The van der Waals surface area contributed by atoms with Gasteiger partial charge in [-0.1, -0.05) is 0 Å². The second-order valence-corrected chi connectivity index (χ2v) is 7.19. The van der Waals surface area contributed by atoms with Gasteiger partial charge in [-0.2, -0.15) is 13.2 Å². The van der Waals surface area contributed by atoms with Crippen LogP contribution >= 0.6 is 0 Å². The zero-order chi connectivity index (χ0) is 23.2. The van der Waals surface area contributed by atoms with E-state index in [1.807, 2.05) is 0 Å². The Kier molecular flexibility index (Phi) is 4.85. The fraction of sp³-hybridized carbons (Fsp3) is 0.130. The number of hydrogen-bond acceptors (Lipinski definition) is 5. The minimum absolute atomic E-state index is 0.0947. The molecular weight excluding hydrogens is 439 g/mol. The standard InChI is InChI=1S/C23H16F3N3O4/c1-31-16-7-8-18-17(11-16)28-22(23(24,25)26)29(18)15-5-3-14(4-6-15)27-21(30)13-2-9-19-20(10-13)33-12-32-19/h2-11H,12H2,1H3,(H,27,30). The van der Waals surface area contributed by atoms with Crippen molar-refractivity contribution in [3.05, 3.63) is 72.1 Å². The zero-order valence-electron chi connectivity index (χ0n) is 17.1. The van der Waals surface area contributed by atoms with Gasteiger partial charge < -0.3 is 19.5 Å². The lowest BCUT2D eigenvalue weighted by Gasteiger charge is -2.13. The van der Waals surface area contributed by atoms with Crippen LogP contribution in [0.25, 0.3) is 16.7 Å². The highest BCUT2D eigenvalue weighted by molar-refractivity contribution is 6.04. The molecule has 1 N–H and O–H groups in total. The first kappa shape index (κ1) is 20.7. The van der Waals surface area contributed by atoms with E-state index in [-0.39, 0.29) is 23.5 Å². The van der Waals surface area contributed by atoms with E-state index in [1.165, 1.54) is 43.5 Å². The number of methoxy groups -OCH3 is 1. The average Bonchev–Trinajstić information content (AvgIpc) is 3.43. The molecule has 4 aromatic rings. The molecule has 0 atom stereocenters. The number of imidazole rings is 1. The van der Waals surface area contributed by atoms with Gasteiger partial charge in [-0.3, -0.25) is 9.36 Å². The number of carbonyl (C=O) groups is 1. The van der Waals surface area contributed by atoms with Gasteiger partial charge in [0.2, 0.25) is 12.6 Å². The van der Waals surface area contributed by atoms with E-state index >= 15 is 0 Å². The molecule has 0 saturated heterocycles. The molecule has 0 saturated carbocycles. The van der Waals surface area contributed by atoms with Crippen molar-refractivity contribution in [3.63, 3.8) is 0 Å². The van der Waals surface area contributed by atoms with Crippen LogP contribution in [-0.4, -0.2) is 29.4 Å². The van der Waals surface area contributed by atoms with E-state index < -0.39 is 17.9 Å². The third-order valence-corrected chi connectivity index (χ3v) is 5.13. The van der Waals surface area contributed by atoms with E-state index in [2.05, 4.69) is 10.3 Å². The van der Waals surface area contributed by atoms with Gasteiger partial charge in [-0.15, -0.1) is 0 Å². The van der Waals surface area contributed by atoms with Crippen LogP contribution in [0.15, 0.2) is 60.7 Å². The highest BCUT2D eigenvalue weighted by atomic mass is 19.4. The summed E-state index contributed by atoms with van der Waals surface area (Å²) >= 11 is 0. The van der Waals surface area contributed by atoms with Gasteiger partial charge in [0.05, 0.1) is 18.1 Å². The summed E-state index contributed by atoms with van der Waals surface area (Å²) in [5.74, 6) is -0.00889. The molecule has 1 amide bonds. The number of nitrogens with one attached hydrogen (secondary N) is 1. The third-order valence-electron chi connectivity index (χ3n) is 5.13. The van der Waals surface area contributed by atoms with Crippen LogP contribution in [0.3, 0.4) is 0 Å². The van der Waals surface area contributed by atoms with Gasteiger partial charge in [0.25, 0.3) is 5.91 Å². The quantitative estimate of drug-likeness (QED) is 0.467. The Bertz CT molecular complexity index is 1360. The largest absolute Gasteiger partial charge is 0.497 e. The summed E-state index contributed by atoms with van der Waals surface area (Å²) < 4.78 is 57.7. The predicted molar refractivity (Wildman–Crippen MR) is 113 cm³/mol. The summed E-state index contributed by atoms with van der Waals surface area (Å²) in [6.07, 6.45) is -4.67. The van der Waals surface area contributed by atoms with E-state index in [0.29, 0.717) is 28.5 Å². The smallest absolute Gasteiger partial charge is 0.450 e. The van der Waals surface area contributed by atoms with Crippen LogP contribution in [0.2, 0.25) is 0 Å². The van der Waals surface area contributed by atoms with Gasteiger partial charge in [0.15, 0.2) is 11.5 Å². The van der Waals surface area contributed by atoms with Crippen molar-refractivity contribution >= 4 is 22.6 Å². The maximum Gasteiger partial charge on any atom is 0.450 e. The molecule has 5 rings (SSSR count). The Morgan fingerprint density at radius 3 is 2.52 bits per heavy atom. The first-order valence-electron chi connectivity index (χ1n) is 9.78. The molecule has 2 heterocycles. The molecule has 0 aliphatic carbocycles. The minimum atomic E-state index is -4.67. The molecule has 3 aromatic carbocycles. The van der Waals surface area contributed by atoms with Gasteiger partial charge in [-0.25, -0.2) is 4.98 Å². The average molecular weight is 455 g/mol. The van der Waals surface area contributed by atoms with E-state index in [0.717, 1.165) is 4.57 Å². The van der Waals surface area contributed by atoms with Crippen LogP contribution in [0, 0.1) is 0 Å². The number of ether oxygens (including phenoxy) is 3. The van der Waals surface area contributed by atoms with Gasteiger partial charge >= 0.3 is 6.18 Å². The summed E-state index contributed by atoms with van der Waals surface area (Å²) in [6, 6.07) is 15.3. The van der Waals surface area contributed by atoms with Crippen molar-refractivity contribution < 1.29 is 32.2 Å². The SMILES string of the molecule is COc1ccc2c(c1)nc(C(F)(F)F)n2-c1ccc(NC(=O)c2ccc3c(c2)OCO3)cc1. The topological polar surface area (TPSA) is 74.6 Å². The Hall–Kier alpha value is -4.21.